The number of fused-ring (bicyclic) bond motifs is 2. The van der Waals surface area contributed by atoms with Crippen molar-refractivity contribution in [2.45, 2.75) is 58.3 Å². The van der Waals surface area contributed by atoms with Gasteiger partial charge < -0.3 is 0 Å². The van der Waals surface area contributed by atoms with E-state index >= 15 is 0 Å². The van der Waals surface area contributed by atoms with E-state index < -0.39 is 0 Å². The Morgan fingerprint density at radius 1 is 0.810 bits per heavy atom. The van der Waals surface area contributed by atoms with Gasteiger partial charge in [-0.2, -0.15) is 46.5 Å². The molecule has 0 aliphatic heterocycles. The zero-order valence-electron chi connectivity index (χ0n) is 13.2. The van der Waals surface area contributed by atoms with Crippen molar-refractivity contribution in [1.29, 1.82) is 0 Å². The molecule has 2 aromatic carbocycles. The quantitative estimate of drug-likeness (QED) is 0.478. The molecule has 0 fully saturated rings. The van der Waals surface area contributed by atoms with Gasteiger partial charge in [0.1, 0.15) is 0 Å². The van der Waals surface area contributed by atoms with Gasteiger partial charge in [-0.05, 0) is 0 Å². The molecule has 2 aliphatic carbocycles. The van der Waals surface area contributed by atoms with Crippen LogP contribution in [0.25, 0.3) is 0 Å². The first-order valence-corrected chi connectivity index (χ1v) is 9.17. The van der Waals surface area contributed by atoms with Crippen LogP contribution in [0.4, 0.5) is 0 Å². The summed E-state index contributed by atoms with van der Waals surface area (Å²) in [5, 5.41) is 0. The van der Waals surface area contributed by atoms with Gasteiger partial charge in [-0.3, -0.25) is 0 Å². The third kappa shape index (κ3) is 5.20. The van der Waals surface area contributed by atoms with Crippen LogP contribution in [0.15, 0.2) is 36.4 Å². The Balaban J connectivity index is 0.000000130. The molecule has 21 heavy (non-hydrogen) atoms. The van der Waals surface area contributed by atoms with Crippen LogP contribution < -0.4 is 0 Å². The summed E-state index contributed by atoms with van der Waals surface area (Å²) in [5.74, 6) is 0. The third-order valence-electron chi connectivity index (χ3n) is 4.30. The number of aryl methyl sites for hydroxylation is 4. The van der Waals surface area contributed by atoms with Crippen molar-refractivity contribution in [2.75, 3.05) is 0 Å². The summed E-state index contributed by atoms with van der Waals surface area (Å²) in [5.41, 5.74) is 6.39. The minimum Gasteiger partial charge on any atom is -0.210 e. The smallest absolute Gasteiger partial charge is 0.0512 e. The molecule has 1 heteroatoms. The molecule has 0 bridgehead atoms. The zero-order chi connectivity index (χ0) is 14.9. The van der Waals surface area contributed by atoms with Crippen LogP contribution in [0.5, 0.6) is 0 Å². The van der Waals surface area contributed by atoms with Gasteiger partial charge in [0.2, 0.25) is 0 Å². The first kappa shape index (κ1) is 16.7. The molecule has 0 aromatic heterocycles. The SMILES string of the molecule is C[CH]=[Ti+2].c1cc2c([cH-]1)CCCC2.c1cc2c([cH-]1)CCCC2. The number of hydrogen-bond donors (Lipinski definition) is 0. The summed E-state index contributed by atoms with van der Waals surface area (Å²) in [6.07, 6.45) is 10.9. The fourth-order valence-corrected chi connectivity index (χ4v) is 3.23. The minimum absolute atomic E-state index is 1.32. The molecule has 0 radical (unpaired) electrons. The molecule has 2 aliphatic rings. The molecule has 2 aromatic rings. The molecule has 0 amide bonds. The Labute approximate surface area is 141 Å². The standard InChI is InChI=1S/2C9H11.C2H4.Ti/c2*1-2-5-9-7-3-6-8(9)4-1;1-2;/h2*3,6-7H,1-2,4-5H2;1H,2H3;/q2*-1;;+2. The topological polar surface area (TPSA) is 0 Å². The zero-order valence-corrected chi connectivity index (χ0v) is 14.8. The minimum atomic E-state index is 1.32. The van der Waals surface area contributed by atoms with Crippen LogP contribution in [-0.4, -0.2) is 4.31 Å². The normalized spacial score (nSPS) is 15.6. The molecule has 0 saturated heterocycles. The van der Waals surface area contributed by atoms with E-state index in [-0.39, 0.29) is 0 Å². The summed E-state index contributed by atoms with van der Waals surface area (Å²) < 4.78 is 2.00. The van der Waals surface area contributed by atoms with E-state index in [1.807, 2.05) is 31.2 Å². The molecular formula is C20H26Ti. The summed E-state index contributed by atoms with van der Waals surface area (Å²) in [4.78, 5) is 0. The van der Waals surface area contributed by atoms with Crippen molar-refractivity contribution in [2.24, 2.45) is 0 Å². The van der Waals surface area contributed by atoms with E-state index in [0.717, 1.165) is 0 Å². The molecule has 0 unspecified atom stereocenters. The van der Waals surface area contributed by atoms with Gasteiger partial charge in [0.15, 0.2) is 0 Å². The Morgan fingerprint density at radius 2 is 1.19 bits per heavy atom. The van der Waals surface area contributed by atoms with Gasteiger partial charge in [0, 0.05) is 0 Å². The molecule has 110 valence electrons. The fraction of sp³-hybridized carbons (Fsp3) is 0.450. The number of rotatable bonds is 0. The van der Waals surface area contributed by atoms with E-state index in [0.29, 0.717) is 0 Å². The second-order valence-electron chi connectivity index (χ2n) is 5.86. The Hall–Kier alpha value is -0.716. The maximum Gasteiger partial charge on any atom is -0.0512 e. The van der Waals surface area contributed by atoms with Crippen LogP contribution in [-0.2, 0) is 45.7 Å². The summed E-state index contributed by atoms with van der Waals surface area (Å²) >= 11 is 2.00. The van der Waals surface area contributed by atoms with Gasteiger partial charge in [0.25, 0.3) is 0 Å². The average Bonchev–Trinajstić information content (AvgIpc) is 3.17. The predicted molar refractivity (Wildman–Crippen MR) is 89.1 cm³/mol. The van der Waals surface area contributed by atoms with Crippen LogP contribution in [0, 0.1) is 0 Å². The van der Waals surface area contributed by atoms with Crippen molar-refractivity contribution in [1.82, 2.24) is 0 Å². The fourth-order valence-electron chi connectivity index (χ4n) is 3.23. The molecule has 0 nitrogen and oxygen atoms in total. The monoisotopic (exact) mass is 314 g/mol. The van der Waals surface area contributed by atoms with Gasteiger partial charge in [-0.15, -0.1) is 0 Å². The van der Waals surface area contributed by atoms with E-state index in [2.05, 4.69) is 36.4 Å². The number of hydrogen-bond acceptors (Lipinski definition) is 0. The van der Waals surface area contributed by atoms with Crippen molar-refractivity contribution in [3.8, 4) is 0 Å². The van der Waals surface area contributed by atoms with Crippen molar-refractivity contribution in [3.63, 3.8) is 0 Å². The van der Waals surface area contributed by atoms with Crippen LogP contribution in [0.2, 0.25) is 0 Å². The van der Waals surface area contributed by atoms with Gasteiger partial charge >= 0.3 is 31.2 Å². The van der Waals surface area contributed by atoms with Crippen LogP contribution in [0.1, 0.15) is 54.9 Å². The van der Waals surface area contributed by atoms with Gasteiger partial charge in [-0.25, -0.2) is 12.1 Å². The third-order valence-corrected chi connectivity index (χ3v) is 4.30. The molecule has 4 rings (SSSR count). The predicted octanol–water partition coefficient (Wildman–Crippen LogP) is 4.92. The van der Waals surface area contributed by atoms with Crippen molar-refractivity contribution < 1.29 is 20.0 Å². The van der Waals surface area contributed by atoms with E-state index in [1.165, 1.54) is 51.4 Å². The molecule has 0 heterocycles. The molecule has 0 saturated carbocycles. The van der Waals surface area contributed by atoms with E-state index in [9.17, 15) is 0 Å². The van der Waals surface area contributed by atoms with Crippen LogP contribution >= 0.6 is 0 Å². The van der Waals surface area contributed by atoms with Crippen LogP contribution in [0.3, 0.4) is 0 Å². The molecule has 0 atom stereocenters. The molecule has 0 N–H and O–H groups in total. The maximum absolute atomic E-state index is 2.26. The Kier molecular flexibility index (Phi) is 7.40. The first-order valence-electron chi connectivity index (χ1n) is 8.27. The van der Waals surface area contributed by atoms with Crippen molar-refractivity contribution >= 4 is 4.31 Å². The molecular weight excluding hydrogens is 288 g/mol. The Bertz CT molecular complexity index is 442. The Morgan fingerprint density at radius 3 is 1.57 bits per heavy atom. The second kappa shape index (κ2) is 9.33. The first-order chi connectivity index (χ1) is 10.3. The van der Waals surface area contributed by atoms with E-state index in [4.69, 9.17) is 0 Å². The van der Waals surface area contributed by atoms with Crippen molar-refractivity contribution in [3.05, 3.63) is 58.7 Å². The average molecular weight is 314 g/mol. The van der Waals surface area contributed by atoms with Gasteiger partial charge in [0.05, 0.1) is 0 Å². The summed E-state index contributed by atoms with van der Waals surface area (Å²) in [6, 6.07) is 13.4. The maximum atomic E-state index is 2.26. The second-order valence-corrected chi connectivity index (χ2v) is 6.76. The molecule has 0 spiro atoms. The summed E-state index contributed by atoms with van der Waals surface area (Å²) in [6.45, 7) is 2.00. The largest absolute Gasteiger partial charge is 0.210 e. The van der Waals surface area contributed by atoms with E-state index in [1.54, 1.807) is 22.3 Å². The summed E-state index contributed by atoms with van der Waals surface area (Å²) in [7, 11) is 0. The van der Waals surface area contributed by atoms with Gasteiger partial charge in [-0.1, -0.05) is 51.4 Å².